The zero-order valence-corrected chi connectivity index (χ0v) is 8.54. The smallest absolute Gasteiger partial charge is 0.311 e. The van der Waals surface area contributed by atoms with Crippen LogP contribution in [0.1, 0.15) is 33.1 Å². The minimum atomic E-state index is -0.790. The number of carbonyl (C=O) groups is 1. The fraction of sp³-hybridized carbons (Fsp3) is 0.900. The first-order chi connectivity index (χ1) is 6.01. The molecule has 1 saturated carbocycles. The first-order valence-electron chi connectivity index (χ1n) is 4.81. The van der Waals surface area contributed by atoms with Crippen molar-refractivity contribution in [3.63, 3.8) is 0 Å². The fourth-order valence-corrected chi connectivity index (χ4v) is 2.09. The van der Waals surface area contributed by atoms with Gasteiger partial charge in [-0.25, -0.2) is 0 Å². The van der Waals surface area contributed by atoms with Crippen molar-refractivity contribution in [2.45, 2.75) is 38.7 Å². The molecule has 1 fully saturated rings. The summed E-state index contributed by atoms with van der Waals surface area (Å²) in [5, 5.41) is 10.0. The number of carbonyl (C=O) groups excluding carboxylic acids is 1. The highest BCUT2D eigenvalue weighted by Gasteiger charge is 2.47. The van der Waals surface area contributed by atoms with E-state index in [2.05, 4.69) is 0 Å². The lowest BCUT2D eigenvalue weighted by molar-refractivity contribution is -0.168. The number of esters is 1. The van der Waals surface area contributed by atoms with Gasteiger partial charge in [-0.1, -0.05) is 13.8 Å². The second-order valence-corrected chi connectivity index (χ2v) is 4.20. The third kappa shape index (κ3) is 1.85. The van der Waals surface area contributed by atoms with Crippen molar-refractivity contribution >= 4 is 5.97 Å². The van der Waals surface area contributed by atoms with E-state index in [1.54, 1.807) is 0 Å². The Morgan fingerprint density at radius 2 is 2.00 bits per heavy atom. The second-order valence-electron chi connectivity index (χ2n) is 4.20. The molecule has 0 bridgehead atoms. The summed E-state index contributed by atoms with van der Waals surface area (Å²) in [5.41, 5.74) is -0.790. The van der Waals surface area contributed by atoms with Gasteiger partial charge in [0.2, 0.25) is 0 Å². The van der Waals surface area contributed by atoms with Crippen LogP contribution in [-0.4, -0.2) is 23.8 Å². The Labute approximate surface area is 79.1 Å². The monoisotopic (exact) mass is 186 g/mol. The fourth-order valence-electron chi connectivity index (χ4n) is 2.09. The highest BCUT2D eigenvalue weighted by Crippen LogP contribution is 2.41. The predicted molar refractivity (Wildman–Crippen MR) is 49.1 cm³/mol. The molecule has 0 radical (unpaired) electrons. The van der Waals surface area contributed by atoms with Crippen LogP contribution in [0, 0.1) is 11.8 Å². The third-order valence-corrected chi connectivity index (χ3v) is 2.92. The normalized spacial score (nSPS) is 22.2. The van der Waals surface area contributed by atoms with Crippen molar-refractivity contribution in [3.8, 4) is 0 Å². The van der Waals surface area contributed by atoms with E-state index in [1.165, 1.54) is 7.11 Å². The van der Waals surface area contributed by atoms with Crippen molar-refractivity contribution < 1.29 is 14.6 Å². The first-order valence-corrected chi connectivity index (χ1v) is 4.81. The molecule has 0 aromatic heterocycles. The van der Waals surface area contributed by atoms with E-state index in [0.29, 0.717) is 0 Å². The summed E-state index contributed by atoms with van der Waals surface area (Å²) in [5.74, 6) is -0.499. The van der Waals surface area contributed by atoms with Crippen LogP contribution in [0.4, 0.5) is 0 Å². The molecule has 1 unspecified atom stereocenters. The van der Waals surface area contributed by atoms with Gasteiger partial charge in [-0.3, -0.25) is 4.79 Å². The summed E-state index contributed by atoms with van der Waals surface area (Å²) in [7, 11) is 1.37. The Bertz CT molecular complexity index is 194. The molecule has 1 N–H and O–H groups in total. The summed E-state index contributed by atoms with van der Waals surface area (Å²) in [6, 6.07) is 0. The van der Waals surface area contributed by atoms with Gasteiger partial charge in [0.15, 0.2) is 0 Å². The minimum absolute atomic E-state index is 0.137. The van der Waals surface area contributed by atoms with Crippen LogP contribution in [0.5, 0.6) is 0 Å². The molecule has 0 saturated heterocycles. The number of hydrogen-bond donors (Lipinski definition) is 1. The van der Waals surface area contributed by atoms with Crippen LogP contribution < -0.4 is 0 Å². The molecule has 0 aromatic carbocycles. The number of ether oxygens (including phenoxy) is 1. The van der Waals surface area contributed by atoms with Crippen molar-refractivity contribution in [1.82, 2.24) is 0 Å². The Morgan fingerprint density at radius 1 is 1.46 bits per heavy atom. The topological polar surface area (TPSA) is 46.5 Å². The molecular weight excluding hydrogens is 168 g/mol. The molecule has 1 atom stereocenters. The van der Waals surface area contributed by atoms with Crippen molar-refractivity contribution in [3.05, 3.63) is 0 Å². The van der Waals surface area contributed by atoms with Crippen molar-refractivity contribution in [2.75, 3.05) is 7.11 Å². The van der Waals surface area contributed by atoms with Crippen LogP contribution in [0.15, 0.2) is 0 Å². The van der Waals surface area contributed by atoms with E-state index in [4.69, 9.17) is 4.74 Å². The van der Waals surface area contributed by atoms with Gasteiger partial charge in [0.1, 0.15) is 0 Å². The standard InChI is InChI=1S/C10H18O3/c1-7(2)8(9(11)13-3)10(12)5-4-6-10/h7-8,12H,4-6H2,1-3H3. The minimum Gasteiger partial charge on any atom is -0.469 e. The van der Waals surface area contributed by atoms with Crippen LogP contribution in [-0.2, 0) is 9.53 Å². The molecule has 0 heterocycles. The van der Waals surface area contributed by atoms with E-state index in [1.807, 2.05) is 13.8 Å². The molecule has 0 amide bonds. The number of methoxy groups -OCH3 is 1. The van der Waals surface area contributed by atoms with E-state index in [0.717, 1.165) is 19.3 Å². The number of rotatable bonds is 3. The Kier molecular flexibility index (Phi) is 2.96. The van der Waals surface area contributed by atoms with Crippen LogP contribution in [0.25, 0.3) is 0 Å². The lowest BCUT2D eigenvalue weighted by atomic mass is 9.67. The molecule has 1 aliphatic rings. The molecule has 0 aliphatic heterocycles. The van der Waals surface area contributed by atoms with Gasteiger partial charge >= 0.3 is 5.97 Å². The summed E-state index contributed by atoms with van der Waals surface area (Å²) in [6.45, 7) is 3.88. The average molecular weight is 186 g/mol. The average Bonchev–Trinajstić information content (AvgIpc) is 2.00. The summed E-state index contributed by atoms with van der Waals surface area (Å²) in [6.07, 6.45) is 2.46. The van der Waals surface area contributed by atoms with Crippen molar-refractivity contribution in [1.29, 1.82) is 0 Å². The highest BCUT2D eigenvalue weighted by atomic mass is 16.5. The lowest BCUT2D eigenvalue weighted by Crippen LogP contribution is -2.50. The van der Waals surface area contributed by atoms with Crippen molar-refractivity contribution in [2.24, 2.45) is 11.8 Å². The number of aliphatic hydroxyl groups is 1. The van der Waals surface area contributed by atoms with Crippen LogP contribution in [0.2, 0.25) is 0 Å². The van der Waals surface area contributed by atoms with Gasteiger partial charge in [0.25, 0.3) is 0 Å². The Balaban J connectivity index is 2.73. The predicted octanol–water partition coefficient (Wildman–Crippen LogP) is 1.35. The van der Waals surface area contributed by atoms with Gasteiger partial charge in [-0.05, 0) is 25.2 Å². The molecule has 76 valence electrons. The molecule has 0 aromatic rings. The maximum absolute atomic E-state index is 11.4. The van der Waals surface area contributed by atoms with Gasteiger partial charge in [-0.15, -0.1) is 0 Å². The number of hydrogen-bond acceptors (Lipinski definition) is 3. The third-order valence-electron chi connectivity index (χ3n) is 2.92. The summed E-state index contributed by atoms with van der Waals surface area (Å²) >= 11 is 0. The Morgan fingerprint density at radius 3 is 2.23 bits per heavy atom. The molecule has 0 spiro atoms. The van der Waals surface area contributed by atoms with Gasteiger partial charge in [0, 0.05) is 0 Å². The van der Waals surface area contributed by atoms with E-state index in [9.17, 15) is 9.90 Å². The van der Waals surface area contributed by atoms with E-state index >= 15 is 0 Å². The van der Waals surface area contributed by atoms with E-state index in [-0.39, 0.29) is 17.8 Å². The summed E-state index contributed by atoms with van der Waals surface area (Å²) in [4.78, 5) is 11.4. The first kappa shape index (κ1) is 10.5. The zero-order chi connectivity index (χ0) is 10.1. The molecule has 3 nitrogen and oxygen atoms in total. The van der Waals surface area contributed by atoms with Crippen LogP contribution >= 0.6 is 0 Å². The second kappa shape index (κ2) is 3.66. The molecular formula is C10H18O3. The molecule has 3 heteroatoms. The quantitative estimate of drug-likeness (QED) is 0.677. The summed E-state index contributed by atoms with van der Waals surface area (Å²) < 4.78 is 4.70. The SMILES string of the molecule is COC(=O)C(C(C)C)C1(O)CCC1. The van der Waals surface area contributed by atoms with E-state index < -0.39 is 5.60 Å². The lowest BCUT2D eigenvalue weighted by Gasteiger charge is -2.43. The maximum Gasteiger partial charge on any atom is 0.311 e. The van der Waals surface area contributed by atoms with Gasteiger partial charge in [-0.2, -0.15) is 0 Å². The highest BCUT2D eigenvalue weighted by molar-refractivity contribution is 5.74. The molecule has 13 heavy (non-hydrogen) atoms. The van der Waals surface area contributed by atoms with Gasteiger partial charge < -0.3 is 9.84 Å². The van der Waals surface area contributed by atoms with Gasteiger partial charge in [0.05, 0.1) is 18.6 Å². The maximum atomic E-state index is 11.4. The molecule has 1 rings (SSSR count). The Hall–Kier alpha value is -0.570. The molecule has 1 aliphatic carbocycles. The largest absolute Gasteiger partial charge is 0.469 e. The van der Waals surface area contributed by atoms with Crippen LogP contribution in [0.3, 0.4) is 0 Å². The zero-order valence-electron chi connectivity index (χ0n) is 8.54.